The van der Waals surface area contributed by atoms with Crippen LogP contribution in [0.4, 0.5) is 13.2 Å². The zero-order valence-electron chi connectivity index (χ0n) is 11.4. The predicted molar refractivity (Wildman–Crippen MR) is 67.8 cm³/mol. The van der Waals surface area contributed by atoms with E-state index in [0.29, 0.717) is 18.8 Å². The zero-order valence-corrected chi connectivity index (χ0v) is 11.4. The molecule has 0 aliphatic carbocycles. The minimum absolute atomic E-state index is 0.206. The minimum Gasteiger partial charge on any atom is -0.334 e. The molecule has 6 heteroatoms. The van der Waals surface area contributed by atoms with Crippen molar-refractivity contribution in [3.05, 3.63) is 0 Å². The summed E-state index contributed by atoms with van der Waals surface area (Å²) in [6.45, 7) is 2.81. The molecule has 1 rings (SSSR count). The molecule has 1 unspecified atom stereocenters. The maximum Gasteiger partial charge on any atom is 0.406 e. The quantitative estimate of drug-likeness (QED) is 0.777. The third-order valence-electron chi connectivity index (χ3n) is 3.43. The summed E-state index contributed by atoms with van der Waals surface area (Å²) < 4.78 is 37.3. The Labute approximate surface area is 112 Å². The number of amides is 1. The summed E-state index contributed by atoms with van der Waals surface area (Å²) in [5.41, 5.74) is 0. The van der Waals surface area contributed by atoms with Gasteiger partial charge in [0.05, 0.1) is 0 Å². The number of carbonyl (C=O) groups is 1. The third kappa shape index (κ3) is 6.80. The molecule has 0 radical (unpaired) electrons. The van der Waals surface area contributed by atoms with Gasteiger partial charge in [-0.05, 0) is 38.3 Å². The van der Waals surface area contributed by atoms with E-state index < -0.39 is 12.7 Å². The fraction of sp³-hybridized carbons (Fsp3) is 0.923. The van der Waals surface area contributed by atoms with Crippen molar-refractivity contribution >= 4 is 5.91 Å². The molecule has 1 saturated heterocycles. The average molecular weight is 280 g/mol. The van der Waals surface area contributed by atoms with Crippen molar-refractivity contribution in [2.24, 2.45) is 5.92 Å². The van der Waals surface area contributed by atoms with Gasteiger partial charge in [0.2, 0.25) is 5.91 Å². The lowest BCUT2D eigenvalue weighted by Crippen LogP contribution is -2.39. The van der Waals surface area contributed by atoms with Gasteiger partial charge in [-0.15, -0.1) is 0 Å². The first-order valence-electron chi connectivity index (χ1n) is 6.97. The summed E-state index contributed by atoms with van der Waals surface area (Å²) in [7, 11) is 0. The standard InChI is InChI=1S/C13H23F3N2O/c1-2-3-8-18(10-13(14,15)16)12(19)5-4-11-6-7-17-9-11/h11,17H,2-10H2,1H3. The molecule has 1 amide bonds. The van der Waals surface area contributed by atoms with E-state index in [2.05, 4.69) is 5.32 Å². The van der Waals surface area contributed by atoms with Crippen LogP contribution in [0.2, 0.25) is 0 Å². The van der Waals surface area contributed by atoms with E-state index in [9.17, 15) is 18.0 Å². The molecule has 19 heavy (non-hydrogen) atoms. The normalized spacial score (nSPS) is 19.7. The van der Waals surface area contributed by atoms with E-state index in [1.807, 2.05) is 6.92 Å². The van der Waals surface area contributed by atoms with Gasteiger partial charge in [0.1, 0.15) is 6.54 Å². The topological polar surface area (TPSA) is 32.3 Å². The molecule has 3 nitrogen and oxygen atoms in total. The first kappa shape index (κ1) is 16.3. The van der Waals surface area contributed by atoms with Gasteiger partial charge in [0, 0.05) is 13.0 Å². The second-order valence-corrected chi connectivity index (χ2v) is 5.18. The second-order valence-electron chi connectivity index (χ2n) is 5.18. The molecule has 0 aromatic heterocycles. The van der Waals surface area contributed by atoms with Crippen LogP contribution in [0.3, 0.4) is 0 Å². The highest BCUT2D eigenvalue weighted by molar-refractivity contribution is 5.76. The molecule has 1 aliphatic rings. The number of nitrogens with zero attached hydrogens (tertiary/aromatic N) is 1. The molecule has 0 aromatic carbocycles. The van der Waals surface area contributed by atoms with Gasteiger partial charge in [-0.1, -0.05) is 13.3 Å². The van der Waals surface area contributed by atoms with E-state index in [1.165, 1.54) is 0 Å². The molecule has 1 aliphatic heterocycles. The van der Waals surface area contributed by atoms with Crippen LogP contribution in [-0.2, 0) is 4.79 Å². The van der Waals surface area contributed by atoms with Gasteiger partial charge in [0.15, 0.2) is 0 Å². The Hall–Kier alpha value is -0.780. The summed E-state index contributed by atoms with van der Waals surface area (Å²) in [5.74, 6) is 0.0699. The van der Waals surface area contributed by atoms with Crippen molar-refractivity contribution in [2.45, 2.75) is 45.2 Å². The Morgan fingerprint density at radius 1 is 1.42 bits per heavy atom. The number of carbonyl (C=O) groups excluding carboxylic acids is 1. The predicted octanol–water partition coefficient (Wildman–Crippen LogP) is 2.57. The lowest BCUT2D eigenvalue weighted by Gasteiger charge is -2.24. The lowest BCUT2D eigenvalue weighted by molar-refractivity contribution is -0.161. The van der Waals surface area contributed by atoms with Crippen molar-refractivity contribution in [1.82, 2.24) is 10.2 Å². The maximum absolute atomic E-state index is 12.4. The van der Waals surface area contributed by atoms with Crippen LogP contribution in [0.5, 0.6) is 0 Å². The fourth-order valence-corrected chi connectivity index (χ4v) is 2.30. The summed E-state index contributed by atoms with van der Waals surface area (Å²) in [5, 5.41) is 3.19. The van der Waals surface area contributed by atoms with Gasteiger partial charge in [-0.25, -0.2) is 0 Å². The van der Waals surface area contributed by atoms with Crippen LogP contribution in [0, 0.1) is 5.92 Å². The molecule has 1 fully saturated rings. The first-order valence-corrected chi connectivity index (χ1v) is 6.97. The smallest absolute Gasteiger partial charge is 0.334 e. The summed E-state index contributed by atoms with van der Waals surface area (Å²) >= 11 is 0. The van der Waals surface area contributed by atoms with Crippen LogP contribution in [0.1, 0.15) is 39.0 Å². The minimum atomic E-state index is -4.31. The van der Waals surface area contributed by atoms with Gasteiger partial charge in [-0.3, -0.25) is 4.79 Å². The molecule has 1 atom stereocenters. The van der Waals surface area contributed by atoms with E-state index in [-0.39, 0.29) is 18.9 Å². The molecule has 0 saturated carbocycles. The van der Waals surface area contributed by atoms with Crippen LogP contribution in [0.25, 0.3) is 0 Å². The molecule has 0 aromatic rings. The van der Waals surface area contributed by atoms with E-state index in [4.69, 9.17) is 0 Å². The number of unbranched alkanes of at least 4 members (excludes halogenated alkanes) is 1. The van der Waals surface area contributed by atoms with Crippen molar-refractivity contribution in [3.63, 3.8) is 0 Å². The molecule has 112 valence electrons. The third-order valence-corrected chi connectivity index (χ3v) is 3.43. The van der Waals surface area contributed by atoms with Crippen LogP contribution < -0.4 is 5.32 Å². The first-order chi connectivity index (χ1) is 8.92. The van der Waals surface area contributed by atoms with Crippen LogP contribution in [0.15, 0.2) is 0 Å². The molecule has 0 spiro atoms. The Balaban J connectivity index is 2.40. The van der Waals surface area contributed by atoms with Gasteiger partial charge < -0.3 is 10.2 Å². The number of alkyl halides is 3. The molecular weight excluding hydrogens is 257 g/mol. The Kier molecular flexibility index (Phi) is 6.62. The maximum atomic E-state index is 12.4. The van der Waals surface area contributed by atoms with Crippen molar-refractivity contribution < 1.29 is 18.0 Å². The van der Waals surface area contributed by atoms with Crippen molar-refractivity contribution in [2.75, 3.05) is 26.2 Å². The second kappa shape index (κ2) is 7.72. The Morgan fingerprint density at radius 2 is 2.16 bits per heavy atom. The largest absolute Gasteiger partial charge is 0.406 e. The highest BCUT2D eigenvalue weighted by Crippen LogP contribution is 2.19. The molecule has 1 heterocycles. The van der Waals surface area contributed by atoms with Crippen LogP contribution in [-0.4, -0.2) is 43.2 Å². The average Bonchev–Trinajstić information content (AvgIpc) is 2.83. The highest BCUT2D eigenvalue weighted by atomic mass is 19.4. The molecule has 0 bridgehead atoms. The number of rotatable bonds is 7. The summed E-state index contributed by atoms with van der Waals surface area (Å²) in [6.07, 6.45) is -0.973. The van der Waals surface area contributed by atoms with E-state index in [0.717, 1.165) is 30.8 Å². The SMILES string of the molecule is CCCCN(CC(F)(F)F)C(=O)CCC1CCNC1. The van der Waals surface area contributed by atoms with Crippen molar-refractivity contribution in [1.29, 1.82) is 0 Å². The van der Waals surface area contributed by atoms with Crippen molar-refractivity contribution in [3.8, 4) is 0 Å². The van der Waals surface area contributed by atoms with Gasteiger partial charge in [-0.2, -0.15) is 13.2 Å². The monoisotopic (exact) mass is 280 g/mol. The van der Waals surface area contributed by atoms with Gasteiger partial charge >= 0.3 is 6.18 Å². The van der Waals surface area contributed by atoms with E-state index >= 15 is 0 Å². The number of halogens is 3. The number of hydrogen-bond acceptors (Lipinski definition) is 2. The van der Waals surface area contributed by atoms with Crippen LogP contribution >= 0.6 is 0 Å². The Morgan fingerprint density at radius 3 is 2.68 bits per heavy atom. The summed E-state index contributed by atoms with van der Waals surface area (Å²) in [6, 6.07) is 0. The zero-order chi connectivity index (χ0) is 14.3. The lowest BCUT2D eigenvalue weighted by atomic mass is 10.0. The number of hydrogen-bond donors (Lipinski definition) is 1. The summed E-state index contributed by atoms with van der Waals surface area (Å²) in [4.78, 5) is 12.9. The number of nitrogens with one attached hydrogen (secondary N) is 1. The highest BCUT2D eigenvalue weighted by Gasteiger charge is 2.32. The molecular formula is C13H23F3N2O. The molecule has 1 N–H and O–H groups in total. The van der Waals surface area contributed by atoms with Gasteiger partial charge in [0.25, 0.3) is 0 Å². The Bertz CT molecular complexity index is 276. The fourth-order valence-electron chi connectivity index (χ4n) is 2.30. The van der Waals surface area contributed by atoms with E-state index in [1.54, 1.807) is 0 Å².